The van der Waals surface area contributed by atoms with E-state index in [2.05, 4.69) is 0 Å². The van der Waals surface area contributed by atoms with Crippen molar-refractivity contribution in [2.24, 2.45) is 11.1 Å². The molecule has 1 amide bonds. The van der Waals surface area contributed by atoms with E-state index < -0.39 is 5.41 Å². The molecule has 1 atom stereocenters. The van der Waals surface area contributed by atoms with Crippen molar-refractivity contribution in [2.75, 3.05) is 13.1 Å². The zero-order chi connectivity index (χ0) is 15.7. The molecule has 21 heavy (non-hydrogen) atoms. The molecule has 2 N–H and O–H groups in total. The quantitative estimate of drug-likeness (QED) is 0.629. The number of rotatable bonds is 2. The fraction of sp³-hybridized carbons (Fsp3) is 0.875. The molecule has 1 aliphatic heterocycles. The largest absolute Gasteiger partial charge is 0.392 e. The van der Waals surface area contributed by atoms with Crippen LogP contribution in [0.5, 0.6) is 0 Å². The van der Waals surface area contributed by atoms with E-state index in [0.717, 1.165) is 25.7 Å². The molecule has 5 heteroatoms. The molecule has 1 aliphatic carbocycles. The van der Waals surface area contributed by atoms with Crippen LogP contribution in [-0.2, 0) is 9.53 Å². The third-order valence-electron chi connectivity index (χ3n) is 4.69. The Bertz CT molecular complexity index is 415. The first-order chi connectivity index (χ1) is 9.77. The van der Waals surface area contributed by atoms with Crippen LogP contribution in [0, 0.1) is 5.41 Å². The molecular formula is C16H28N2O2S. The highest BCUT2D eigenvalue weighted by atomic mass is 32.1. The molecule has 2 fully saturated rings. The van der Waals surface area contributed by atoms with Gasteiger partial charge in [0.15, 0.2) is 0 Å². The van der Waals surface area contributed by atoms with Crippen molar-refractivity contribution in [3.05, 3.63) is 0 Å². The third-order valence-corrected chi connectivity index (χ3v) is 5.09. The predicted molar refractivity (Wildman–Crippen MR) is 88.1 cm³/mol. The number of carbonyl (C=O) groups is 1. The molecule has 0 aromatic heterocycles. The molecule has 0 bridgehead atoms. The van der Waals surface area contributed by atoms with Gasteiger partial charge in [0.2, 0.25) is 5.91 Å². The summed E-state index contributed by atoms with van der Waals surface area (Å²) < 4.78 is 5.90. The molecule has 0 aromatic rings. The first-order valence-corrected chi connectivity index (χ1v) is 8.45. The summed E-state index contributed by atoms with van der Waals surface area (Å²) in [4.78, 5) is 15.5. The van der Waals surface area contributed by atoms with E-state index in [1.54, 1.807) is 0 Å². The first-order valence-electron chi connectivity index (χ1n) is 8.04. The fourth-order valence-corrected chi connectivity index (χ4v) is 4.10. The monoisotopic (exact) mass is 312 g/mol. The highest BCUT2D eigenvalue weighted by Crippen LogP contribution is 2.38. The van der Waals surface area contributed by atoms with Crippen molar-refractivity contribution in [1.29, 1.82) is 0 Å². The lowest BCUT2D eigenvalue weighted by Crippen LogP contribution is -2.59. The zero-order valence-corrected chi connectivity index (χ0v) is 14.3. The second-order valence-electron chi connectivity index (χ2n) is 7.23. The average molecular weight is 312 g/mol. The maximum absolute atomic E-state index is 13.2. The SMILES string of the molecule is CC1CN(C(=O)C2(C(N)=S)CCCCCC2)CC(C)(C)O1. The fourth-order valence-electron chi connectivity index (χ4n) is 3.81. The maximum atomic E-state index is 13.2. The van der Waals surface area contributed by atoms with Crippen molar-refractivity contribution in [2.45, 2.75) is 71.0 Å². The van der Waals surface area contributed by atoms with Crippen LogP contribution in [0.25, 0.3) is 0 Å². The molecule has 0 spiro atoms. The van der Waals surface area contributed by atoms with Crippen LogP contribution in [0.4, 0.5) is 0 Å². The van der Waals surface area contributed by atoms with Crippen LogP contribution >= 0.6 is 12.2 Å². The minimum atomic E-state index is -0.626. The summed E-state index contributed by atoms with van der Waals surface area (Å²) in [5.41, 5.74) is 5.10. The lowest BCUT2D eigenvalue weighted by molar-refractivity contribution is -0.164. The highest BCUT2D eigenvalue weighted by molar-refractivity contribution is 7.80. The van der Waals surface area contributed by atoms with Gasteiger partial charge in [0.05, 0.1) is 22.1 Å². The molecule has 1 unspecified atom stereocenters. The third kappa shape index (κ3) is 3.57. The molecule has 4 nitrogen and oxygen atoms in total. The molecule has 120 valence electrons. The summed E-state index contributed by atoms with van der Waals surface area (Å²) in [6.45, 7) is 7.32. The van der Waals surface area contributed by atoms with Gasteiger partial charge in [0.1, 0.15) is 0 Å². The van der Waals surface area contributed by atoms with Gasteiger partial charge >= 0.3 is 0 Å². The number of carbonyl (C=O) groups excluding carboxylic acids is 1. The van der Waals surface area contributed by atoms with E-state index in [0.29, 0.717) is 18.1 Å². The molecular weight excluding hydrogens is 284 g/mol. The van der Waals surface area contributed by atoms with Crippen molar-refractivity contribution in [1.82, 2.24) is 4.90 Å². The number of thiocarbonyl (C=S) groups is 1. The van der Waals surface area contributed by atoms with Gasteiger partial charge in [0.25, 0.3) is 0 Å². The van der Waals surface area contributed by atoms with Crippen molar-refractivity contribution < 1.29 is 9.53 Å². The summed E-state index contributed by atoms with van der Waals surface area (Å²) in [6.07, 6.45) is 6.05. The summed E-state index contributed by atoms with van der Waals surface area (Å²) in [5.74, 6) is 0.125. The summed E-state index contributed by atoms with van der Waals surface area (Å²) in [7, 11) is 0. The topological polar surface area (TPSA) is 55.6 Å². The van der Waals surface area contributed by atoms with Gasteiger partial charge in [-0.15, -0.1) is 0 Å². The van der Waals surface area contributed by atoms with Crippen LogP contribution in [-0.4, -0.2) is 40.6 Å². The van der Waals surface area contributed by atoms with Gasteiger partial charge in [-0.05, 0) is 33.6 Å². The first kappa shape index (κ1) is 16.7. The highest BCUT2D eigenvalue weighted by Gasteiger charge is 2.46. The van der Waals surface area contributed by atoms with E-state index in [9.17, 15) is 4.79 Å². The number of ether oxygens (including phenoxy) is 1. The Morgan fingerprint density at radius 3 is 2.29 bits per heavy atom. The Hall–Kier alpha value is -0.680. The number of amides is 1. The Kier molecular flexibility index (Phi) is 4.93. The Labute approximate surface area is 133 Å². The molecule has 2 aliphatic rings. The van der Waals surface area contributed by atoms with Crippen LogP contribution in [0.2, 0.25) is 0 Å². The smallest absolute Gasteiger partial charge is 0.235 e. The van der Waals surface area contributed by atoms with E-state index in [1.165, 1.54) is 12.8 Å². The number of nitrogens with two attached hydrogens (primary N) is 1. The predicted octanol–water partition coefficient (Wildman–Crippen LogP) is 2.64. The molecule has 1 heterocycles. The summed E-state index contributed by atoms with van der Waals surface area (Å²) >= 11 is 5.32. The average Bonchev–Trinajstić information content (AvgIpc) is 2.61. The summed E-state index contributed by atoms with van der Waals surface area (Å²) in [6, 6.07) is 0. The van der Waals surface area contributed by atoms with Crippen LogP contribution in [0.3, 0.4) is 0 Å². The van der Waals surface area contributed by atoms with Gasteiger partial charge in [-0.1, -0.05) is 37.9 Å². The van der Waals surface area contributed by atoms with Crippen LogP contribution < -0.4 is 5.73 Å². The van der Waals surface area contributed by atoms with Gasteiger partial charge in [-0.2, -0.15) is 0 Å². The van der Waals surface area contributed by atoms with Gasteiger partial charge in [0, 0.05) is 13.1 Å². The van der Waals surface area contributed by atoms with E-state index in [4.69, 9.17) is 22.7 Å². The molecule has 2 rings (SSSR count). The lowest BCUT2D eigenvalue weighted by Gasteiger charge is -2.45. The van der Waals surface area contributed by atoms with E-state index in [-0.39, 0.29) is 17.6 Å². The van der Waals surface area contributed by atoms with E-state index >= 15 is 0 Å². The number of hydrogen-bond donors (Lipinski definition) is 1. The number of nitrogens with zero attached hydrogens (tertiary/aromatic N) is 1. The summed E-state index contributed by atoms with van der Waals surface area (Å²) in [5, 5.41) is 0. The molecule has 0 radical (unpaired) electrons. The van der Waals surface area contributed by atoms with Gasteiger partial charge < -0.3 is 15.4 Å². The van der Waals surface area contributed by atoms with Crippen molar-refractivity contribution in [3.63, 3.8) is 0 Å². The van der Waals surface area contributed by atoms with Crippen molar-refractivity contribution >= 4 is 23.1 Å². The van der Waals surface area contributed by atoms with Gasteiger partial charge in [-0.25, -0.2) is 0 Å². The standard InChI is InChI=1S/C16H28N2O2S/c1-12-10-18(11-15(2,3)20-12)14(19)16(13(17)21)8-6-4-5-7-9-16/h12H,4-11H2,1-3H3,(H2,17,21). The zero-order valence-electron chi connectivity index (χ0n) is 13.5. The Morgan fingerprint density at radius 2 is 1.81 bits per heavy atom. The minimum absolute atomic E-state index is 0.0480. The van der Waals surface area contributed by atoms with E-state index in [1.807, 2.05) is 25.7 Å². The second kappa shape index (κ2) is 6.21. The normalized spacial score (nSPS) is 28.7. The second-order valence-corrected chi connectivity index (χ2v) is 7.67. The Balaban J connectivity index is 2.24. The number of morpholine rings is 1. The minimum Gasteiger partial charge on any atom is -0.392 e. The van der Waals surface area contributed by atoms with Crippen LogP contribution in [0.15, 0.2) is 0 Å². The molecule has 1 saturated heterocycles. The van der Waals surface area contributed by atoms with Crippen molar-refractivity contribution in [3.8, 4) is 0 Å². The maximum Gasteiger partial charge on any atom is 0.235 e. The molecule has 0 aromatic carbocycles. The Morgan fingerprint density at radius 1 is 1.24 bits per heavy atom. The lowest BCUT2D eigenvalue weighted by atomic mass is 9.78. The van der Waals surface area contributed by atoms with Crippen LogP contribution in [0.1, 0.15) is 59.3 Å². The van der Waals surface area contributed by atoms with Gasteiger partial charge in [-0.3, -0.25) is 4.79 Å². The molecule has 1 saturated carbocycles. The number of hydrogen-bond acceptors (Lipinski definition) is 3.